The molecule has 1 saturated heterocycles. The van der Waals surface area contributed by atoms with Crippen LogP contribution in [0.25, 0.3) is 21.0 Å². The minimum atomic E-state index is -0.559. The third kappa shape index (κ3) is 4.39. The van der Waals surface area contributed by atoms with Gasteiger partial charge in [0, 0.05) is 34.1 Å². The first kappa shape index (κ1) is 22.1. The van der Waals surface area contributed by atoms with Crippen LogP contribution in [0.1, 0.15) is 41.7 Å². The highest BCUT2D eigenvalue weighted by Crippen LogP contribution is 2.41. The highest BCUT2D eigenvalue weighted by molar-refractivity contribution is 7.21. The number of thiophene rings is 1. The van der Waals surface area contributed by atoms with Gasteiger partial charge >= 0.3 is 0 Å². The zero-order valence-corrected chi connectivity index (χ0v) is 20.2. The summed E-state index contributed by atoms with van der Waals surface area (Å²) in [5.74, 6) is 0.811. The van der Waals surface area contributed by atoms with Crippen LogP contribution in [-0.4, -0.2) is 51.4 Å². The quantitative estimate of drug-likeness (QED) is 0.358. The largest absolute Gasteiger partial charge is 0.381 e. The molecular formula is C25H26FN7OS. The second kappa shape index (κ2) is 9.01. The van der Waals surface area contributed by atoms with Gasteiger partial charge in [-0.1, -0.05) is 6.42 Å². The van der Waals surface area contributed by atoms with E-state index in [1.807, 2.05) is 31.2 Å². The first-order chi connectivity index (χ1) is 17.0. The molecule has 1 amide bonds. The molecule has 0 aliphatic carbocycles. The molecule has 2 aliphatic heterocycles. The SMILES string of the molecule is C[C@H]1CNc2c(sc3ccc4nc(Nc5cc(F)nc(CN6CCCCC6)n5)ccc4c23)C(=O)N1. The molecule has 1 fully saturated rings. The molecule has 0 unspecified atom stereocenters. The third-order valence-electron chi connectivity index (χ3n) is 6.50. The molecule has 35 heavy (non-hydrogen) atoms. The third-order valence-corrected chi connectivity index (χ3v) is 7.66. The van der Waals surface area contributed by atoms with E-state index in [1.54, 1.807) is 0 Å². The lowest BCUT2D eigenvalue weighted by atomic mass is 10.1. The van der Waals surface area contributed by atoms with E-state index >= 15 is 0 Å². The van der Waals surface area contributed by atoms with Gasteiger partial charge in [0.1, 0.15) is 22.3 Å². The first-order valence-electron chi connectivity index (χ1n) is 12.0. The van der Waals surface area contributed by atoms with Crippen molar-refractivity contribution in [3.05, 3.63) is 47.0 Å². The summed E-state index contributed by atoms with van der Waals surface area (Å²) in [6, 6.07) is 9.12. The zero-order chi connectivity index (χ0) is 23.9. The van der Waals surface area contributed by atoms with Gasteiger partial charge in [-0.05, 0) is 57.1 Å². The normalized spacial score (nSPS) is 18.7. The van der Waals surface area contributed by atoms with Crippen molar-refractivity contribution in [2.24, 2.45) is 0 Å². The summed E-state index contributed by atoms with van der Waals surface area (Å²) in [7, 11) is 0. The van der Waals surface area contributed by atoms with Crippen molar-refractivity contribution in [2.75, 3.05) is 30.3 Å². The predicted molar refractivity (Wildman–Crippen MR) is 137 cm³/mol. The topological polar surface area (TPSA) is 95.1 Å². The van der Waals surface area contributed by atoms with Crippen LogP contribution < -0.4 is 16.0 Å². The number of nitrogens with zero attached hydrogens (tertiary/aromatic N) is 4. The summed E-state index contributed by atoms with van der Waals surface area (Å²) in [4.78, 5) is 28.9. The number of likely N-dealkylation sites (tertiary alicyclic amines) is 1. The van der Waals surface area contributed by atoms with Gasteiger partial charge in [0.25, 0.3) is 5.91 Å². The number of aromatic nitrogens is 3. The fourth-order valence-electron chi connectivity index (χ4n) is 4.84. The molecule has 0 saturated carbocycles. The maximum Gasteiger partial charge on any atom is 0.263 e. The van der Waals surface area contributed by atoms with Crippen molar-refractivity contribution in [3.63, 3.8) is 0 Å². The fraction of sp³-hybridized carbons (Fsp3) is 0.360. The molecule has 1 atom stereocenters. The molecular weight excluding hydrogens is 465 g/mol. The van der Waals surface area contributed by atoms with Gasteiger partial charge in [0.05, 0.1) is 17.7 Å². The van der Waals surface area contributed by atoms with E-state index in [1.165, 1.54) is 23.8 Å². The lowest BCUT2D eigenvalue weighted by Gasteiger charge is -2.25. The Morgan fingerprint density at radius 3 is 2.83 bits per heavy atom. The Bertz CT molecular complexity index is 1430. The standard InChI is InChI=1S/C25H26FN7OS/c1-14-12-27-23-22-15-5-8-19(29-16(15)6-7-17(22)35-24(23)25(34)28-14)31-20-11-18(26)30-21(32-20)13-33-9-3-2-4-10-33/h5-8,11,14,27H,2-4,9-10,12-13H2,1H3,(H,28,34)(H,29,30,31,32)/t14-/m0/s1. The zero-order valence-electron chi connectivity index (χ0n) is 19.4. The van der Waals surface area contributed by atoms with E-state index in [2.05, 4.69) is 30.8 Å². The second-order valence-electron chi connectivity index (χ2n) is 9.22. The summed E-state index contributed by atoms with van der Waals surface area (Å²) < 4.78 is 15.3. The van der Waals surface area contributed by atoms with Crippen LogP contribution in [0, 0.1) is 5.95 Å². The highest BCUT2D eigenvalue weighted by Gasteiger charge is 2.24. The van der Waals surface area contributed by atoms with E-state index in [-0.39, 0.29) is 11.9 Å². The molecule has 180 valence electrons. The van der Waals surface area contributed by atoms with Crippen molar-refractivity contribution in [3.8, 4) is 0 Å². The predicted octanol–water partition coefficient (Wildman–Crippen LogP) is 4.65. The summed E-state index contributed by atoms with van der Waals surface area (Å²) >= 11 is 1.48. The molecule has 4 aromatic rings. The average Bonchev–Trinajstić information content (AvgIpc) is 3.15. The van der Waals surface area contributed by atoms with E-state index in [9.17, 15) is 9.18 Å². The van der Waals surface area contributed by atoms with Gasteiger partial charge in [-0.25, -0.2) is 15.0 Å². The van der Waals surface area contributed by atoms with Gasteiger partial charge in [0.15, 0.2) is 0 Å². The average molecular weight is 492 g/mol. The van der Waals surface area contributed by atoms with Crippen LogP contribution in [0.3, 0.4) is 0 Å². The number of amides is 1. The van der Waals surface area contributed by atoms with Gasteiger partial charge in [-0.3, -0.25) is 9.69 Å². The lowest BCUT2D eigenvalue weighted by molar-refractivity contribution is 0.0949. The van der Waals surface area contributed by atoms with Crippen LogP contribution in [-0.2, 0) is 6.54 Å². The Kier molecular flexibility index (Phi) is 5.69. The molecule has 5 heterocycles. The Balaban J connectivity index is 1.31. The fourth-order valence-corrected chi connectivity index (χ4v) is 5.94. The molecule has 0 radical (unpaired) electrons. The number of fused-ring (bicyclic) bond motifs is 5. The number of nitrogens with one attached hydrogen (secondary N) is 3. The van der Waals surface area contributed by atoms with E-state index in [0.29, 0.717) is 35.4 Å². The van der Waals surface area contributed by atoms with Crippen LogP contribution in [0.15, 0.2) is 30.3 Å². The smallest absolute Gasteiger partial charge is 0.263 e. The van der Waals surface area contributed by atoms with Gasteiger partial charge in [-0.2, -0.15) is 4.39 Å². The van der Waals surface area contributed by atoms with Crippen LogP contribution in [0.2, 0.25) is 0 Å². The van der Waals surface area contributed by atoms with E-state index in [0.717, 1.165) is 52.6 Å². The van der Waals surface area contributed by atoms with E-state index < -0.39 is 5.95 Å². The number of halogens is 1. The lowest BCUT2D eigenvalue weighted by Crippen LogP contribution is -2.34. The van der Waals surface area contributed by atoms with Gasteiger partial charge in [-0.15, -0.1) is 11.3 Å². The summed E-state index contributed by atoms with van der Waals surface area (Å²) in [5.41, 5.74) is 1.64. The summed E-state index contributed by atoms with van der Waals surface area (Å²) in [5, 5.41) is 11.6. The molecule has 1 aromatic carbocycles. The molecule has 6 rings (SSSR count). The second-order valence-corrected chi connectivity index (χ2v) is 10.3. The van der Waals surface area contributed by atoms with Crippen molar-refractivity contribution in [2.45, 2.75) is 38.8 Å². The monoisotopic (exact) mass is 491 g/mol. The minimum absolute atomic E-state index is 0.0501. The molecule has 0 bridgehead atoms. The van der Waals surface area contributed by atoms with Crippen molar-refractivity contribution < 1.29 is 9.18 Å². The number of carbonyl (C=O) groups excluding carboxylic acids is 1. The highest BCUT2D eigenvalue weighted by atomic mass is 32.1. The number of hydrogen-bond acceptors (Lipinski definition) is 8. The number of anilines is 3. The van der Waals surface area contributed by atoms with Crippen LogP contribution in [0.5, 0.6) is 0 Å². The number of hydrogen-bond donors (Lipinski definition) is 3. The molecule has 0 spiro atoms. The van der Waals surface area contributed by atoms with E-state index in [4.69, 9.17) is 4.98 Å². The van der Waals surface area contributed by atoms with Gasteiger partial charge in [0.2, 0.25) is 5.95 Å². The molecule has 3 aromatic heterocycles. The van der Waals surface area contributed by atoms with Crippen molar-refractivity contribution in [1.29, 1.82) is 0 Å². The summed E-state index contributed by atoms with van der Waals surface area (Å²) in [6.45, 7) is 5.16. The minimum Gasteiger partial charge on any atom is -0.381 e. The summed E-state index contributed by atoms with van der Waals surface area (Å²) in [6.07, 6.45) is 3.55. The number of rotatable bonds is 4. The first-order valence-corrected chi connectivity index (χ1v) is 12.8. The Hall–Kier alpha value is -3.37. The maximum atomic E-state index is 14.3. The molecule has 8 nitrogen and oxygen atoms in total. The number of carbonyl (C=O) groups is 1. The maximum absolute atomic E-state index is 14.3. The molecule has 2 aliphatic rings. The molecule has 10 heteroatoms. The molecule has 3 N–H and O–H groups in total. The number of benzene rings is 1. The van der Waals surface area contributed by atoms with Crippen LogP contribution >= 0.6 is 11.3 Å². The van der Waals surface area contributed by atoms with Crippen molar-refractivity contribution >= 4 is 55.6 Å². The van der Waals surface area contributed by atoms with Crippen molar-refractivity contribution in [1.82, 2.24) is 25.2 Å². The number of piperidine rings is 1. The Morgan fingerprint density at radius 2 is 1.97 bits per heavy atom. The van der Waals surface area contributed by atoms with Crippen LogP contribution in [0.4, 0.5) is 21.7 Å². The Morgan fingerprint density at radius 1 is 1.11 bits per heavy atom. The number of pyridine rings is 1. The Labute approximate surface area is 206 Å². The van der Waals surface area contributed by atoms with Gasteiger partial charge < -0.3 is 16.0 Å².